The first kappa shape index (κ1) is 13.2. The van der Waals surface area contributed by atoms with Crippen molar-refractivity contribution in [2.75, 3.05) is 12.3 Å². The molecular weight excluding hydrogens is 266 g/mol. The van der Waals surface area contributed by atoms with Crippen LogP contribution in [0.2, 0.25) is 0 Å². The maximum Gasteiger partial charge on any atom is 0.167 e. The number of aliphatic hydroxyl groups is 3. The SMILES string of the molecule is Cc1nc(N)c2ncn([C@@H]3O[C@H](CO)[C@H](O)C3O)c2n1. The van der Waals surface area contributed by atoms with Crippen LogP contribution < -0.4 is 5.73 Å². The van der Waals surface area contributed by atoms with Crippen LogP contribution in [-0.4, -0.2) is 59.8 Å². The van der Waals surface area contributed by atoms with Gasteiger partial charge in [-0.15, -0.1) is 0 Å². The molecule has 0 aromatic carbocycles. The fourth-order valence-electron chi connectivity index (χ4n) is 2.35. The quantitative estimate of drug-likeness (QED) is 0.512. The predicted octanol–water partition coefficient (Wildman–Crippen LogP) is -1.67. The molecule has 1 unspecified atom stereocenters. The van der Waals surface area contributed by atoms with Gasteiger partial charge in [0.2, 0.25) is 0 Å². The number of nitrogens with zero attached hydrogens (tertiary/aromatic N) is 4. The van der Waals surface area contributed by atoms with Crippen LogP contribution in [0, 0.1) is 6.92 Å². The minimum Gasteiger partial charge on any atom is -0.394 e. The van der Waals surface area contributed by atoms with Crippen molar-refractivity contribution in [1.82, 2.24) is 19.5 Å². The number of ether oxygens (including phenoxy) is 1. The molecule has 0 saturated carbocycles. The van der Waals surface area contributed by atoms with E-state index in [4.69, 9.17) is 15.6 Å². The Labute approximate surface area is 113 Å². The molecule has 1 aliphatic heterocycles. The number of hydrogen-bond acceptors (Lipinski definition) is 8. The van der Waals surface area contributed by atoms with Gasteiger partial charge in [0.05, 0.1) is 12.9 Å². The molecule has 1 saturated heterocycles. The van der Waals surface area contributed by atoms with Gasteiger partial charge in [-0.1, -0.05) is 0 Å². The zero-order valence-electron chi connectivity index (χ0n) is 10.7. The predicted molar refractivity (Wildman–Crippen MR) is 67.5 cm³/mol. The Hall–Kier alpha value is -1.81. The smallest absolute Gasteiger partial charge is 0.167 e. The lowest BCUT2D eigenvalue weighted by Gasteiger charge is -2.16. The molecule has 9 nitrogen and oxygen atoms in total. The van der Waals surface area contributed by atoms with E-state index in [1.165, 1.54) is 10.9 Å². The zero-order valence-corrected chi connectivity index (χ0v) is 10.7. The van der Waals surface area contributed by atoms with Crippen molar-refractivity contribution in [2.24, 2.45) is 0 Å². The Kier molecular flexibility index (Phi) is 3.05. The number of aliphatic hydroxyl groups excluding tert-OH is 3. The Morgan fingerprint density at radius 1 is 1.35 bits per heavy atom. The van der Waals surface area contributed by atoms with E-state index in [-0.39, 0.29) is 5.82 Å². The number of rotatable bonds is 2. The second kappa shape index (κ2) is 4.63. The summed E-state index contributed by atoms with van der Waals surface area (Å²) in [5.74, 6) is 0.696. The van der Waals surface area contributed by atoms with E-state index in [0.717, 1.165) is 0 Å². The van der Waals surface area contributed by atoms with E-state index in [9.17, 15) is 10.2 Å². The largest absolute Gasteiger partial charge is 0.394 e. The normalized spacial score (nSPS) is 30.2. The summed E-state index contributed by atoms with van der Waals surface area (Å²) in [4.78, 5) is 12.3. The van der Waals surface area contributed by atoms with Crippen molar-refractivity contribution in [3.8, 4) is 0 Å². The van der Waals surface area contributed by atoms with E-state index >= 15 is 0 Å². The van der Waals surface area contributed by atoms with Gasteiger partial charge >= 0.3 is 0 Å². The molecule has 1 fully saturated rings. The van der Waals surface area contributed by atoms with Gasteiger partial charge in [-0.05, 0) is 6.92 Å². The summed E-state index contributed by atoms with van der Waals surface area (Å²) in [5, 5.41) is 28.9. The van der Waals surface area contributed by atoms with Gasteiger partial charge < -0.3 is 25.8 Å². The number of nitrogens with two attached hydrogens (primary N) is 1. The molecule has 3 heterocycles. The molecule has 0 spiro atoms. The highest BCUT2D eigenvalue weighted by atomic mass is 16.6. The third-order valence-corrected chi connectivity index (χ3v) is 3.35. The standard InChI is InChI=1S/C11H15N5O4/c1-4-14-9(12)6-10(15-4)16(3-13-6)11-8(19)7(18)5(2-17)20-11/h3,5,7-8,11,17-19H,2H2,1H3,(H2,12,14,15)/t5-,7+,8?,11-/m1/s1. The van der Waals surface area contributed by atoms with Gasteiger partial charge in [0, 0.05) is 0 Å². The molecule has 0 bridgehead atoms. The summed E-state index contributed by atoms with van der Waals surface area (Å²) in [7, 11) is 0. The molecule has 1 aliphatic rings. The summed E-state index contributed by atoms with van der Waals surface area (Å²) in [6.07, 6.45) is -2.70. The maximum atomic E-state index is 10.0. The van der Waals surface area contributed by atoms with Crippen molar-refractivity contribution < 1.29 is 20.1 Å². The molecule has 9 heteroatoms. The van der Waals surface area contributed by atoms with Gasteiger partial charge in [-0.25, -0.2) is 15.0 Å². The average molecular weight is 281 g/mol. The van der Waals surface area contributed by atoms with Crippen molar-refractivity contribution >= 4 is 17.0 Å². The van der Waals surface area contributed by atoms with Crippen molar-refractivity contribution in [3.63, 3.8) is 0 Å². The molecule has 3 rings (SSSR count). The molecule has 0 amide bonds. The van der Waals surface area contributed by atoms with Crippen LogP contribution in [0.3, 0.4) is 0 Å². The van der Waals surface area contributed by atoms with Crippen LogP contribution in [0.5, 0.6) is 0 Å². The first-order chi connectivity index (χ1) is 9.52. The molecular formula is C11H15N5O4. The van der Waals surface area contributed by atoms with Crippen LogP contribution in [0.25, 0.3) is 11.2 Å². The van der Waals surface area contributed by atoms with Crippen molar-refractivity contribution in [3.05, 3.63) is 12.2 Å². The van der Waals surface area contributed by atoms with Crippen molar-refractivity contribution in [1.29, 1.82) is 0 Å². The van der Waals surface area contributed by atoms with E-state index < -0.39 is 31.1 Å². The summed E-state index contributed by atoms with van der Waals surface area (Å²) >= 11 is 0. The van der Waals surface area contributed by atoms with Gasteiger partial charge in [-0.2, -0.15) is 0 Å². The maximum absolute atomic E-state index is 10.0. The Morgan fingerprint density at radius 2 is 2.10 bits per heavy atom. The summed E-state index contributed by atoms with van der Waals surface area (Å²) in [6.45, 7) is 1.29. The topological polar surface area (TPSA) is 140 Å². The minimum absolute atomic E-state index is 0.234. The lowest BCUT2D eigenvalue weighted by Crippen LogP contribution is -2.33. The molecule has 0 radical (unpaired) electrons. The van der Waals surface area contributed by atoms with E-state index in [1.807, 2.05) is 0 Å². The highest BCUT2D eigenvalue weighted by Crippen LogP contribution is 2.31. The van der Waals surface area contributed by atoms with Gasteiger partial charge in [-0.3, -0.25) is 4.57 Å². The molecule has 0 aliphatic carbocycles. The highest BCUT2D eigenvalue weighted by molar-refractivity contribution is 5.81. The lowest BCUT2D eigenvalue weighted by molar-refractivity contribution is -0.0511. The van der Waals surface area contributed by atoms with Gasteiger partial charge in [0.1, 0.15) is 29.7 Å². The Morgan fingerprint density at radius 3 is 2.75 bits per heavy atom. The average Bonchev–Trinajstić information content (AvgIpc) is 2.93. The van der Waals surface area contributed by atoms with Gasteiger partial charge in [0.25, 0.3) is 0 Å². The fourth-order valence-corrected chi connectivity index (χ4v) is 2.35. The monoisotopic (exact) mass is 281 g/mol. The number of hydrogen-bond donors (Lipinski definition) is 4. The second-order valence-electron chi connectivity index (χ2n) is 4.71. The molecule has 5 N–H and O–H groups in total. The molecule has 108 valence electrons. The number of imidazole rings is 1. The number of nitrogen functional groups attached to an aromatic ring is 1. The van der Waals surface area contributed by atoms with Crippen LogP contribution in [0.15, 0.2) is 6.33 Å². The number of aromatic nitrogens is 4. The van der Waals surface area contributed by atoms with E-state index in [1.54, 1.807) is 6.92 Å². The van der Waals surface area contributed by atoms with Crippen LogP contribution in [0.1, 0.15) is 12.1 Å². The Balaban J connectivity index is 2.07. The number of aryl methyl sites for hydroxylation is 1. The van der Waals surface area contributed by atoms with Gasteiger partial charge in [0.15, 0.2) is 17.7 Å². The number of fused-ring (bicyclic) bond motifs is 1. The fraction of sp³-hybridized carbons (Fsp3) is 0.545. The highest BCUT2D eigenvalue weighted by Gasteiger charge is 2.44. The molecule has 2 aromatic heterocycles. The minimum atomic E-state index is -1.19. The number of anilines is 1. The van der Waals surface area contributed by atoms with Crippen LogP contribution in [0.4, 0.5) is 5.82 Å². The van der Waals surface area contributed by atoms with Crippen molar-refractivity contribution in [2.45, 2.75) is 31.5 Å². The lowest BCUT2D eigenvalue weighted by atomic mass is 10.1. The Bertz CT molecular complexity index is 645. The third kappa shape index (κ3) is 1.83. The van der Waals surface area contributed by atoms with Crippen LogP contribution in [-0.2, 0) is 4.74 Å². The third-order valence-electron chi connectivity index (χ3n) is 3.35. The summed E-state index contributed by atoms with van der Waals surface area (Å²) < 4.78 is 6.92. The zero-order chi connectivity index (χ0) is 14.4. The van der Waals surface area contributed by atoms with Crippen LogP contribution >= 0.6 is 0 Å². The first-order valence-electron chi connectivity index (χ1n) is 6.12. The molecule has 2 aromatic rings. The first-order valence-corrected chi connectivity index (χ1v) is 6.12. The molecule has 20 heavy (non-hydrogen) atoms. The summed E-state index contributed by atoms with van der Waals surface area (Å²) in [6, 6.07) is 0. The molecule has 4 atom stereocenters. The second-order valence-corrected chi connectivity index (χ2v) is 4.71. The van der Waals surface area contributed by atoms with E-state index in [2.05, 4.69) is 15.0 Å². The van der Waals surface area contributed by atoms with E-state index in [0.29, 0.717) is 17.0 Å². The summed E-state index contributed by atoms with van der Waals surface area (Å²) in [5.41, 5.74) is 6.57.